The van der Waals surface area contributed by atoms with Crippen LogP contribution in [0.5, 0.6) is 0 Å². The fourth-order valence-corrected chi connectivity index (χ4v) is 8.38. The summed E-state index contributed by atoms with van der Waals surface area (Å²) < 4.78 is 0. The monoisotopic (exact) mass is 402 g/mol. The molecular weight excluding hydrogens is 356 g/mol. The molecule has 0 aromatic rings. The third-order valence-corrected chi connectivity index (χ3v) is 9.72. The molecule has 0 saturated heterocycles. The van der Waals surface area contributed by atoms with Gasteiger partial charge in [0.1, 0.15) is 0 Å². The fraction of sp³-hybridized carbons (Fsp3) is 0.889. The van der Waals surface area contributed by atoms with E-state index in [0.29, 0.717) is 17.3 Å². The van der Waals surface area contributed by atoms with Crippen LogP contribution in [0.1, 0.15) is 111 Å². The lowest BCUT2D eigenvalue weighted by atomic mass is 9.45. The van der Waals surface area contributed by atoms with Crippen molar-refractivity contribution < 1.29 is 9.90 Å². The minimum absolute atomic E-state index is 0.364. The highest BCUT2D eigenvalue weighted by atomic mass is 16.4. The first kappa shape index (κ1) is 24.3. The molecule has 0 aromatic carbocycles. The quantitative estimate of drug-likeness (QED) is 0.492. The molecule has 7 unspecified atom stereocenters. The van der Waals surface area contributed by atoms with Gasteiger partial charge in [0.25, 0.3) is 0 Å². The molecule has 2 heteroatoms. The zero-order valence-corrected chi connectivity index (χ0v) is 19.6. The maximum absolute atomic E-state index is 10.9. The van der Waals surface area contributed by atoms with Gasteiger partial charge in [-0.3, -0.25) is 4.79 Å². The predicted octanol–water partition coefficient (Wildman–Crippen LogP) is 7.57. The molecule has 4 saturated carbocycles. The van der Waals surface area contributed by atoms with E-state index in [1.54, 1.807) is 0 Å². The van der Waals surface area contributed by atoms with Gasteiger partial charge in [0.2, 0.25) is 0 Å². The Balaban J connectivity index is 0.000000707. The summed E-state index contributed by atoms with van der Waals surface area (Å²) in [6.45, 7) is 9.25. The van der Waals surface area contributed by atoms with E-state index in [1.165, 1.54) is 64.2 Å². The number of terminal acetylenes is 1. The predicted molar refractivity (Wildman–Crippen MR) is 123 cm³/mol. The van der Waals surface area contributed by atoms with E-state index in [0.717, 1.165) is 42.4 Å². The lowest BCUT2D eigenvalue weighted by molar-refractivity contribution is -0.137. The van der Waals surface area contributed by atoms with Crippen molar-refractivity contribution in [3.63, 3.8) is 0 Å². The Bertz CT molecular complexity index is 552. The second-order valence-electron chi connectivity index (χ2n) is 10.5. The Labute approximate surface area is 180 Å². The highest BCUT2D eigenvalue weighted by Crippen LogP contribution is 2.67. The van der Waals surface area contributed by atoms with E-state index in [9.17, 15) is 4.79 Å². The number of aliphatic carboxylic acids is 1. The SMILES string of the molecule is C#C.CC.CC12CCCCC1CCC1C2CCC2(C)C(CCCC(=O)O)CCC12. The third kappa shape index (κ3) is 4.55. The molecule has 0 spiro atoms. The second-order valence-corrected chi connectivity index (χ2v) is 10.5. The second kappa shape index (κ2) is 10.4. The molecule has 0 heterocycles. The summed E-state index contributed by atoms with van der Waals surface area (Å²) in [5.41, 5.74) is 1.15. The summed E-state index contributed by atoms with van der Waals surface area (Å²) in [5.74, 6) is 4.08. The number of hydrogen-bond acceptors (Lipinski definition) is 1. The maximum Gasteiger partial charge on any atom is 0.303 e. The molecule has 0 radical (unpaired) electrons. The van der Waals surface area contributed by atoms with Crippen LogP contribution in [0.2, 0.25) is 0 Å². The van der Waals surface area contributed by atoms with Crippen molar-refractivity contribution >= 4 is 5.97 Å². The van der Waals surface area contributed by atoms with Gasteiger partial charge in [0.15, 0.2) is 0 Å². The lowest BCUT2D eigenvalue weighted by Crippen LogP contribution is -2.52. The van der Waals surface area contributed by atoms with Crippen molar-refractivity contribution in [2.75, 3.05) is 0 Å². The lowest BCUT2D eigenvalue weighted by Gasteiger charge is -2.60. The van der Waals surface area contributed by atoms with Gasteiger partial charge in [-0.15, -0.1) is 12.8 Å². The zero-order valence-electron chi connectivity index (χ0n) is 19.6. The summed E-state index contributed by atoms with van der Waals surface area (Å²) in [7, 11) is 0. The largest absolute Gasteiger partial charge is 0.481 e. The average Bonchev–Trinajstić information content (AvgIpc) is 3.07. The van der Waals surface area contributed by atoms with E-state index in [2.05, 4.69) is 26.7 Å². The first-order chi connectivity index (χ1) is 13.9. The van der Waals surface area contributed by atoms with Crippen LogP contribution in [-0.2, 0) is 4.79 Å². The maximum atomic E-state index is 10.9. The molecule has 4 rings (SSSR count). The van der Waals surface area contributed by atoms with Crippen LogP contribution in [0.25, 0.3) is 0 Å². The third-order valence-electron chi connectivity index (χ3n) is 9.72. The van der Waals surface area contributed by atoms with E-state index in [-0.39, 0.29) is 0 Å². The summed E-state index contributed by atoms with van der Waals surface area (Å²) in [6.07, 6.45) is 25.0. The van der Waals surface area contributed by atoms with E-state index in [4.69, 9.17) is 5.11 Å². The van der Waals surface area contributed by atoms with E-state index in [1.807, 2.05) is 13.8 Å². The van der Waals surface area contributed by atoms with Crippen LogP contribution in [0, 0.1) is 53.3 Å². The van der Waals surface area contributed by atoms with Gasteiger partial charge < -0.3 is 5.11 Å². The van der Waals surface area contributed by atoms with Crippen LogP contribution < -0.4 is 0 Å². The molecule has 0 aromatic heterocycles. The van der Waals surface area contributed by atoms with Crippen molar-refractivity contribution in [3.05, 3.63) is 0 Å². The van der Waals surface area contributed by atoms with Crippen molar-refractivity contribution in [1.29, 1.82) is 0 Å². The molecule has 4 aliphatic carbocycles. The molecule has 29 heavy (non-hydrogen) atoms. The van der Waals surface area contributed by atoms with Crippen LogP contribution in [0.3, 0.4) is 0 Å². The summed E-state index contributed by atoms with van der Waals surface area (Å²) in [4.78, 5) is 10.9. The number of carboxylic acids is 1. The van der Waals surface area contributed by atoms with Crippen molar-refractivity contribution in [2.24, 2.45) is 40.4 Å². The Kier molecular flexibility index (Phi) is 8.69. The smallest absolute Gasteiger partial charge is 0.303 e. The van der Waals surface area contributed by atoms with Crippen molar-refractivity contribution in [1.82, 2.24) is 0 Å². The van der Waals surface area contributed by atoms with Crippen LogP contribution in [0.4, 0.5) is 0 Å². The first-order valence-corrected chi connectivity index (χ1v) is 12.5. The highest BCUT2D eigenvalue weighted by molar-refractivity contribution is 5.66. The van der Waals surface area contributed by atoms with Gasteiger partial charge in [0, 0.05) is 6.42 Å². The summed E-state index contributed by atoms with van der Waals surface area (Å²) >= 11 is 0. The number of carboxylic acid groups (broad SMARTS) is 1. The number of fused-ring (bicyclic) bond motifs is 5. The van der Waals surface area contributed by atoms with Gasteiger partial charge in [-0.25, -0.2) is 0 Å². The molecule has 166 valence electrons. The van der Waals surface area contributed by atoms with Crippen LogP contribution in [0.15, 0.2) is 0 Å². The van der Waals surface area contributed by atoms with Crippen molar-refractivity contribution in [2.45, 2.75) is 111 Å². The van der Waals surface area contributed by atoms with Crippen LogP contribution >= 0.6 is 0 Å². The fourth-order valence-electron chi connectivity index (χ4n) is 8.38. The minimum Gasteiger partial charge on any atom is -0.481 e. The molecule has 2 nitrogen and oxygen atoms in total. The topological polar surface area (TPSA) is 37.3 Å². The average molecular weight is 403 g/mol. The molecule has 0 bridgehead atoms. The molecule has 7 atom stereocenters. The molecule has 1 N–H and O–H groups in total. The van der Waals surface area contributed by atoms with Crippen molar-refractivity contribution in [3.8, 4) is 12.8 Å². The Morgan fingerprint density at radius 1 is 0.897 bits per heavy atom. The molecule has 0 aliphatic heterocycles. The van der Waals surface area contributed by atoms with E-state index >= 15 is 0 Å². The van der Waals surface area contributed by atoms with Gasteiger partial charge in [0.05, 0.1) is 0 Å². The zero-order chi connectivity index (χ0) is 21.7. The Morgan fingerprint density at radius 2 is 1.59 bits per heavy atom. The standard InChI is InChI=1S/C23H38O2.C2H6.C2H2/c1-22-14-4-3-6-16(22)9-11-18-19-12-10-17(7-5-8-21(24)25)23(19,2)15-13-20(18)22;2*1-2/h16-20H,3-15H2,1-2H3,(H,24,25);1-2H3;1-2H. The van der Waals surface area contributed by atoms with Gasteiger partial charge in [-0.1, -0.05) is 40.5 Å². The van der Waals surface area contributed by atoms with Gasteiger partial charge in [-0.05, 0) is 105 Å². The first-order valence-electron chi connectivity index (χ1n) is 12.5. The molecule has 4 aliphatic rings. The molecule has 0 amide bonds. The van der Waals surface area contributed by atoms with Gasteiger partial charge in [-0.2, -0.15) is 0 Å². The molecule has 4 fully saturated rings. The highest BCUT2D eigenvalue weighted by Gasteiger charge is 2.59. The van der Waals surface area contributed by atoms with Gasteiger partial charge >= 0.3 is 5.97 Å². The Hall–Kier alpha value is -0.970. The number of rotatable bonds is 4. The van der Waals surface area contributed by atoms with E-state index < -0.39 is 5.97 Å². The van der Waals surface area contributed by atoms with Crippen LogP contribution in [-0.4, -0.2) is 11.1 Å². The molecular formula is C27H46O2. The summed E-state index contributed by atoms with van der Waals surface area (Å²) in [5, 5.41) is 8.98. The summed E-state index contributed by atoms with van der Waals surface area (Å²) in [6, 6.07) is 0. The normalized spacial score (nSPS) is 42.6. The minimum atomic E-state index is -0.619. The number of carbonyl (C=O) groups is 1. The Morgan fingerprint density at radius 3 is 2.28 bits per heavy atom. The number of hydrogen-bond donors (Lipinski definition) is 1.